The van der Waals surface area contributed by atoms with Crippen LogP contribution in [0.5, 0.6) is 11.5 Å². The molecule has 41 heavy (non-hydrogen) atoms. The third-order valence-corrected chi connectivity index (χ3v) is 5.71. The summed E-state index contributed by atoms with van der Waals surface area (Å²) < 4.78 is 84.5. The van der Waals surface area contributed by atoms with Gasteiger partial charge < -0.3 is 25.4 Å². The Labute approximate surface area is 230 Å². The lowest BCUT2D eigenvalue weighted by atomic mass is 10.1. The molecule has 0 heterocycles. The maximum atomic E-state index is 12.7. The number of ether oxygens (including phenoxy) is 2. The zero-order valence-electron chi connectivity index (χ0n) is 21.2. The molecule has 4 aromatic carbocycles. The maximum absolute atomic E-state index is 12.7. The molecule has 0 atom stereocenters. The van der Waals surface area contributed by atoms with Crippen LogP contribution in [0.15, 0.2) is 97.1 Å². The molecule has 4 rings (SSSR count). The molecular weight excluding hydrogens is 552 g/mol. The number of alkyl halides is 6. The summed E-state index contributed by atoms with van der Waals surface area (Å²) in [5.41, 5.74) is 8.44. The zero-order chi connectivity index (χ0) is 29.6. The molecule has 0 fully saturated rings. The van der Waals surface area contributed by atoms with E-state index in [4.69, 9.17) is 5.73 Å². The molecule has 0 aliphatic carbocycles. The third-order valence-electron chi connectivity index (χ3n) is 5.71. The Morgan fingerprint density at radius 1 is 0.707 bits per heavy atom. The van der Waals surface area contributed by atoms with Crippen molar-refractivity contribution in [2.24, 2.45) is 0 Å². The van der Waals surface area contributed by atoms with E-state index < -0.39 is 30.1 Å². The average molecular weight is 576 g/mol. The Hall–Kier alpha value is -4.87. The lowest BCUT2D eigenvalue weighted by molar-refractivity contribution is -0.275. The number of nitrogens with one attached hydrogen (secondary N) is 1. The van der Waals surface area contributed by atoms with Crippen LogP contribution < -0.4 is 25.4 Å². The van der Waals surface area contributed by atoms with Gasteiger partial charge in [0, 0.05) is 24.3 Å². The first-order valence-corrected chi connectivity index (χ1v) is 12.0. The Morgan fingerprint density at radius 2 is 1.22 bits per heavy atom. The van der Waals surface area contributed by atoms with E-state index in [0.717, 1.165) is 12.1 Å². The SMILES string of the molecule is Nc1ccccc1NC(=O)c1ccc(N(Cc2cccc(OC(F)(F)F)c2)Cc2cccc(OC(F)(F)F)c2)cc1. The topological polar surface area (TPSA) is 76.8 Å². The predicted octanol–water partition coefficient (Wildman–Crippen LogP) is 7.53. The Morgan fingerprint density at radius 3 is 1.71 bits per heavy atom. The van der Waals surface area contributed by atoms with Crippen molar-refractivity contribution < 1.29 is 40.6 Å². The van der Waals surface area contributed by atoms with Crippen LogP contribution >= 0.6 is 0 Å². The van der Waals surface area contributed by atoms with Gasteiger partial charge in [-0.25, -0.2) is 0 Å². The Bertz CT molecular complexity index is 1430. The van der Waals surface area contributed by atoms with E-state index in [1.54, 1.807) is 65.6 Å². The maximum Gasteiger partial charge on any atom is 0.573 e. The van der Waals surface area contributed by atoms with E-state index in [2.05, 4.69) is 14.8 Å². The molecule has 0 aliphatic heterocycles. The molecule has 214 valence electrons. The van der Waals surface area contributed by atoms with E-state index >= 15 is 0 Å². The minimum Gasteiger partial charge on any atom is -0.406 e. The van der Waals surface area contributed by atoms with E-state index in [1.165, 1.54) is 24.3 Å². The quantitative estimate of drug-likeness (QED) is 0.159. The molecule has 0 saturated carbocycles. The number of carbonyl (C=O) groups excluding carboxylic acids is 1. The first-order valence-electron chi connectivity index (χ1n) is 12.0. The number of nitrogens with two attached hydrogens (primary N) is 1. The summed E-state index contributed by atoms with van der Waals surface area (Å²) in [6, 6.07) is 23.8. The fourth-order valence-corrected chi connectivity index (χ4v) is 3.99. The number of halogens is 6. The summed E-state index contributed by atoms with van der Waals surface area (Å²) in [7, 11) is 0. The number of anilines is 3. The van der Waals surface area contributed by atoms with E-state index in [1.807, 2.05) is 0 Å². The molecule has 12 heteroatoms. The first kappa shape index (κ1) is 29.1. The molecule has 0 spiro atoms. The van der Waals surface area contributed by atoms with Crippen LogP contribution in [0.2, 0.25) is 0 Å². The number of amides is 1. The van der Waals surface area contributed by atoms with Crippen LogP contribution in [-0.4, -0.2) is 18.6 Å². The van der Waals surface area contributed by atoms with Crippen LogP contribution in [0.1, 0.15) is 21.5 Å². The number of nitrogens with zero attached hydrogens (tertiary/aromatic N) is 1. The number of hydrogen-bond donors (Lipinski definition) is 2. The lowest BCUT2D eigenvalue weighted by Crippen LogP contribution is -2.23. The highest BCUT2D eigenvalue weighted by Crippen LogP contribution is 2.28. The summed E-state index contributed by atoms with van der Waals surface area (Å²) in [5.74, 6) is -1.25. The van der Waals surface area contributed by atoms with Crippen molar-refractivity contribution in [3.8, 4) is 11.5 Å². The number of benzene rings is 4. The van der Waals surface area contributed by atoms with Crippen LogP contribution in [0.4, 0.5) is 43.4 Å². The van der Waals surface area contributed by atoms with Gasteiger partial charge in [0.15, 0.2) is 0 Å². The fraction of sp³-hybridized carbons (Fsp3) is 0.138. The van der Waals surface area contributed by atoms with E-state index in [9.17, 15) is 31.1 Å². The summed E-state index contributed by atoms with van der Waals surface area (Å²) in [4.78, 5) is 14.5. The number of carbonyl (C=O) groups is 1. The third kappa shape index (κ3) is 8.82. The van der Waals surface area contributed by atoms with Gasteiger partial charge in [-0.3, -0.25) is 4.79 Å². The minimum atomic E-state index is -4.88. The van der Waals surface area contributed by atoms with Crippen LogP contribution in [-0.2, 0) is 13.1 Å². The molecule has 0 bridgehead atoms. The molecule has 0 saturated heterocycles. The zero-order valence-corrected chi connectivity index (χ0v) is 21.2. The van der Waals surface area contributed by atoms with Crippen molar-refractivity contribution in [2.75, 3.05) is 16.0 Å². The van der Waals surface area contributed by atoms with Crippen molar-refractivity contribution in [2.45, 2.75) is 25.8 Å². The smallest absolute Gasteiger partial charge is 0.406 e. The van der Waals surface area contributed by atoms with Gasteiger partial charge in [-0.15, -0.1) is 26.3 Å². The van der Waals surface area contributed by atoms with Gasteiger partial charge in [0.25, 0.3) is 5.91 Å². The van der Waals surface area contributed by atoms with E-state index in [-0.39, 0.29) is 13.1 Å². The molecule has 0 aromatic heterocycles. The van der Waals surface area contributed by atoms with Gasteiger partial charge in [-0.05, 0) is 71.8 Å². The van der Waals surface area contributed by atoms with Gasteiger partial charge in [-0.2, -0.15) is 0 Å². The van der Waals surface area contributed by atoms with Crippen molar-refractivity contribution in [3.05, 3.63) is 114 Å². The van der Waals surface area contributed by atoms with Gasteiger partial charge in [0.2, 0.25) is 0 Å². The fourth-order valence-electron chi connectivity index (χ4n) is 3.99. The molecule has 0 aliphatic rings. The predicted molar refractivity (Wildman–Crippen MR) is 141 cm³/mol. The summed E-state index contributed by atoms with van der Waals surface area (Å²) >= 11 is 0. The molecule has 3 N–H and O–H groups in total. The highest BCUT2D eigenvalue weighted by atomic mass is 19.4. The second kappa shape index (κ2) is 12.1. The first-order chi connectivity index (χ1) is 19.3. The van der Waals surface area contributed by atoms with Crippen molar-refractivity contribution >= 4 is 23.0 Å². The Kier molecular flexibility index (Phi) is 8.60. The van der Waals surface area contributed by atoms with Crippen molar-refractivity contribution in [1.29, 1.82) is 0 Å². The molecular formula is C29H23F6N3O3. The van der Waals surface area contributed by atoms with Crippen LogP contribution in [0.3, 0.4) is 0 Å². The highest BCUT2D eigenvalue weighted by Gasteiger charge is 2.32. The number of nitrogen functional groups attached to an aromatic ring is 1. The minimum absolute atomic E-state index is 0.0610. The molecule has 6 nitrogen and oxygen atoms in total. The summed E-state index contributed by atoms with van der Waals surface area (Å²) in [6.45, 7) is 0.122. The second-order valence-electron chi connectivity index (χ2n) is 8.83. The standard InChI is InChI=1S/C29H23F6N3O3/c30-28(31,32)40-23-7-3-5-19(15-23)17-38(18-20-6-4-8-24(16-20)41-29(33,34)35)22-13-11-21(12-14-22)27(39)37-26-10-2-1-9-25(26)36/h1-16H,17-18,36H2,(H,37,39). The molecule has 1 amide bonds. The van der Waals surface area contributed by atoms with Gasteiger partial charge in [0.1, 0.15) is 11.5 Å². The average Bonchev–Trinajstić information content (AvgIpc) is 2.88. The number of para-hydroxylation sites is 2. The lowest BCUT2D eigenvalue weighted by Gasteiger charge is -2.26. The van der Waals surface area contributed by atoms with Crippen molar-refractivity contribution in [3.63, 3.8) is 0 Å². The van der Waals surface area contributed by atoms with Gasteiger partial charge in [-0.1, -0.05) is 36.4 Å². The van der Waals surface area contributed by atoms with Crippen LogP contribution in [0.25, 0.3) is 0 Å². The second-order valence-corrected chi connectivity index (χ2v) is 8.83. The van der Waals surface area contributed by atoms with Gasteiger partial charge in [0.05, 0.1) is 11.4 Å². The molecule has 4 aromatic rings. The molecule has 0 unspecified atom stereocenters. The Balaban J connectivity index is 1.60. The van der Waals surface area contributed by atoms with E-state index in [0.29, 0.717) is 33.8 Å². The number of hydrogen-bond acceptors (Lipinski definition) is 5. The number of rotatable bonds is 9. The monoisotopic (exact) mass is 575 g/mol. The largest absolute Gasteiger partial charge is 0.573 e. The normalized spacial score (nSPS) is 11.6. The van der Waals surface area contributed by atoms with Gasteiger partial charge >= 0.3 is 12.7 Å². The molecule has 0 radical (unpaired) electrons. The summed E-state index contributed by atoms with van der Waals surface area (Å²) in [5, 5.41) is 2.72. The highest BCUT2D eigenvalue weighted by molar-refractivity contribution is 6.05. The van der Waals surface area contributed by atoms with Crippen molar-refractivity contribution in [1.82, 2.24) is 0 Å². The summed E-state index contributed by atoms with van der Waals surface area (Å²) in [6.07, 6.45) is -9.75. The van der Waals surface area contributed by atoms with Crippen LogP contribution in [0, 0.1) is 0 Å².